The highest BCUT2D eigenvalue weighted by Crippen LogP contribution is 2.21. The second kappa shape index (κ2) is 8.06. The summed E-state index contributed by atoms with van der Waals surface area (Å²) in [4.78, 5) is 13.3. The van der Waals surface area contributed by atoms with Gasteiger partial charge in [0.15, 0.2) is 5.76 Å². The summed E-state index contributed by atoms with van der Waals surface area (Å²) in [5.41, 5.74) is 2.26. The van der Waals surface area contributed by atoms with Crippen LogP contribution in [-0.4, -0.2) is 52.0 Å². The van der Waals surface area contributed by atoms with Crippen LogP contribution in [0.25, 0.3) is 0 Å². The zero-order valence-electron chi connectivity index (χ0n) is 16.7. The van der Waals surface area contributed by atoms with Crippen LogP contribution in [0.4, 0.5) is 0 Å². The normalized spacial score (nSPS) is 16.3. The van der Waals surface area contributed by atoms with Gasteiger partial charge in [0.25, 0.3) is 0 Å². The van der Waals surface area contributed by atoms with Crippen molar-refractivity contribution in [3.8, 4) is 0 Å². The average molecular weight is 408 g/mol. The number of nitrogens with zero attached hydrogens (tertiary/aromatic N) is 1. The summed E-state index contributed by atoms with van der Waals surface area (Å²) in [5.74, 6) is 0.836. The topological polar surface area (TPSA) is 81.3 Å². The van der Waals surface area contributed by atoms with Crippen LogP contribution < -0.4 is 4.90 Å². The van der Waals surface area contributed by atoms with Crippen molar-refractivity contribution < 1.29 is 27.3 Å². The number of ether oxygens (including phenoxy) is 1. The fourth-order valence-corrected chi connectivity index (χ4v) is 5.28. The van der Waals surface area contributed by atoms with Crippen molar-refractivity contribution in [3.63, 3.8) is 0 Å². The lowest BCUT2D eigenvalue weighted by molar-refractivity contribution is -0.918. The maximum Gasteiger partial charge on any atom is 0.341 e. The minimum Gasteiger partial charge on any atom is -0.465 e. The Morgan fingerprint density at radius 1 is 1.18 bits per heavy atom. The Hall–Kier alpha value is -2.16. The maximum atomic E-state index is 13.0. The molecule has 0 aliphatic carbocycles. The van der Waals surface area contributed by atoms with Crippen molar-refractivity contribution >= 4 is 16.0 Å². The predicted octanol–water partition coefficient (Wildman–Crippen LogP) is 1.08. The fraction of sp³-hybridized carbons (Fsp3) is 0.450. The highest BCUT2D eigenvalue weighted by molar-refractivity contribution is 7.89. The Morgan fingerprint density at radius 3 is 2.46 bits per heavy atom. The number of nitrogens with one attached hydrogen (secondary N) is 1. The number of esters is 1. The van der Waals surface area contributed by atoms with Gasteiger partial charge >= 0.3 is 5.97 Å². The van der Waals surface area contributed by atoms with Gasteiger partial charge < -0.3 is 14.1 Å². The van der Waals surface area contributed by atoms with E-state index >= 15 is 0 Å². The molecule has 1 fully saturated rings. The molecule has 1 aliphatic rings. The maximum absolute atomic E-state index is 13.0. The molecule has 2 heterocycles. The quantitative estimate of drug-likeness (QED) is 0.751. The Labute approximate surface area is 165 Å². The molecule has 0 radical (unpaired) electrons. The van der Waals surface area contributed by atoms with E-state index < -0.39 is 16.0 Å². The predicted molar refractivity (Wildman–Crippen MR) is 104 cm³/mol. The third kappa shape index (κ3) is 4.14. The minimum absolute atomic E-state index is 0.380. The Balaban J connectivity index is 1.65. The molecule has 152 valence electrons. The molecule has 1 aliphatic heterocycles. The number of furan rings is 1. The van der Waals surface area contributed by atoms with E-state index in [-0.39, 0.29) is 0 Å². The van der Waals surface area contributed by atoms with Gasteiger partial charge in [0.2, 0.25) is 10.0 Å². The van der Waals surface area contributed by atoms with Gasteiger partial charge in [-0.15, -0.1) is 0 Å². The van der Waals surface area contributed by atoms with Gasteiger partial charge in [-0.2, -0.15) is 4.31 Å². The van der Waals surface area contributed by atoms with Gasteiger partial charge in [-0.25, -0.2) is 13.2 Å². The van der Waals surface area contributed by atoms with E-state index in [0.717, 1.165) is 11.1 Å². The Bertz CT molecular complexity index is 972. The van der Waals surface area contributed by atoms with Crippen molar-refractivity contribution in [3.05, 3.63) is 52.5 Å². The number of quaternary nitrogens is 1. The molecule has 0 atom stereocenters. The van der Waals surface area contributed by atoms with E-state index in [4.69, 9.17) is 9.15 Å². The van der Waals surface area contributed by atoms with E-state index in [9.17, 15) is 13.2 Å². The summed E-state index contributed by atoms with van der Waals surface area (Å²) in [6.07, 6.45) is 0. The zero-order chi connectivity index (χ0) is 20.5. The number of hydrogen-bond donors (Lipinski definition) is 1. The molecule has 0 unspecified atom stereocenters. The van der Waals surface area contributed by atoms with Crippen molar-refractivity contribution in [2.24, 2.45) is 0 Å². The van der Waals surface area contributed by atoms with Crippen LogP contribution in [0.5, 0.6) is 0 Å². The van der Waals surface area contributed by atoms with Gasteiger partial charge in [-0.05, 0) is 32.4 Å². The standard InChI is InChI=1S/C20H26N2O5S/c1-14-5-6-19(15(2)11-14)28(24,25)22-9-7-21(8-10-22)13-17-12-18(16(3)27-17)20(23)26-4/h5-6,11-12H,7-10,13H2,1-4H3/p+1. The molecule has 3 rings (SSSR count). The SMILES string of the molecule is COC(=O)c1cc(C[NH+]2CCN(S(=O)(=O)c3ccc(C)cc3C)CC2)oc1C. The van der Waals surface area contributed by atoms with Crippen LogP contribution in [0.15, 0.2) is 33.6 Å². The van der Waals surface area contributed by atoms with Gasteiger partial charge in [-0.1, -0.05) is 17.7 Å². The van der Waals surface area contributed by atoms with Crippen LogP contribution in [0.3, 0.4) is 0 Å². The number of aryl methyl sites for hydroxylation is 3. The summed E-state index contributed by atoms with van der Waals surface area (Å²) in [6, 6.07) is 7.14. The van der Waals surface area contributed by atoms with Crippen LogP contribution in [0, 0.1) is 20.8 Å². The number of sulfonamides is 1. The lowest BCUT2D eigenvalue weighted by Gasteiger charge is -2.31. The average Bonchev–Trinajstić information content (AvgIpc) is 3.01. The number of benzene rings is 1. The number of carbonyl (C=O) groups excluding carboxylic acids is 1. The van der Waals surface area contributed by atoms with E-state index in [1.807, 2.05) is 26.0 Å². The first-order valence-electron chi connectivity index (χ1n) is 9.31. The van der Waals surface area contributed by atoms with Gasteiger partial charge in [0, 0.05) is 6.07 Å². The molecule has 1 aromatic heterocycles. The van der Waals surface area contributed by atoms with Crippen molar-refractivity contribution in [2.45, 2.75) is 32.2 Å². The lowest BCUT2D eigenvalue weighted by Crippen LogP contribution is -3.13. The first kappa shape index (κ1) is 20.6. The summed E-state index contributed by atoms with van der Waals surface area (Å²) >= 11 is 0. The third-order valence-corrected chi connectivity index (χ3v) is 7.23. The summed E-state index contributed by atoms with van der Waals surface area (Å²) < 4.78 is 38.0. The van der Waals surface area contributed by atoms with Crippen LogP contribution in [-0.2, 0) is 21.3 Å². The number of carbonyl (C=O) groups is 1. The Kier molecular flexibility index (Phi) is 5.92. The van der Waals surface area contributed by atoms with Crippen LogP contribution in [0.2, 0.25) is 0 Å². The number of rotatable bonds is 5. The Morgan fingerprint density at radius 2 is 1.86 bits per heavy atom. The molecule has 1 saturated heterocycles. The monoisotopic (exact) mass is 407 g/mol. The molecule has 0 bridgehead atoms. The number of hydrogen-bond acceptors (Lipinski definition) is 5. The molecule has 8 heteroatoms. The second-order valence-corrected chi connectivity index (χ2v) is 9.18. The molecule has 0 spiro atoms. The molecule has 2 aromatic rings. The highest BCUT2D eigenvalue weighted by atomic mass is 32.2. The minimum atomic E-state index is -3.49. The van der Waals surface area contributed by atoms with Gasteiger partial charge in [0.05, 0.1) is 38.2 Å². The number of piperazine rings is 1. The first-order valence-corrected chi connectivity index (χ1v) is 10.7. The molecule has 1 aromatic carbocycles. The van der Waals surface area contributed by atoms with E-state index in [2.05, 4.69) is 0 Å². The second-order valence-electron chi connectivity index (χ2n) is 7.27. The molecule has 1 N–H and O–H groups in total. The highest BCUT2D eigenvalue weighted by Gasteiger charge is 2.32. The lowest BCUT2D eigenvalue weighted by atomic mass is 10.2. The number of methoxy groups -OCH3 is 1. The molecule has 0 amide bonds. The molecular weight excluding hydrogens is 380 g/mol. The van der Waals surface area contributed by atoms with Gasteiger partial charge in [0.1, 0.15) is 17.9 Å². The van der Waals surface area contributed by atoms with Gasteiger partial charge in [-0.3, -0.25) is 0 Å². The van der Waals surface area contributed by atoms with Crippen LogP contribution in [0.1, 0.15) is 33.0 Å². The van der Waals surface area contributed by atoms with E-state index in [1.165, 1.54) is 12.0 Å². The van der Waals surface area contributed by atoms with Crippen molar-refractivity contribution in [2.75, 3.05) is 33.3 Å². The van der Waals surface area contributed by atoms with E-state index in [0.29, 0.717) is 54.7 Å². The summed E-state index contributed by atoms with van der Waals surface area (Å²) in [6.45, 7) is 8.39. The van der Waals surface area contributed by atoms with E-state index in [1.54, 1.807) is 23.4 Å². The van der Waals surface area contributed by atoms with Crippen LogP contribution >= 0.6 is 0 Å². The zero-order valence-corrected chi connectivity index (χ0v) is 17.6. The largest absolute Gasteiger partial charge is 0.465 e. The smallest absolute Gasteiger partial charge is 0.341 e. The summed E-state index contributed by atoms with van der Waals surface area (Å²) in [5, 5.41) is 0. The first-order chi connectivity index (χ1) is 13.2. The molecule has 28 heavy (non-hydrogen) atoms. The van der Waals surface area contributed by atoms with Crippen molar-refractivity contribution in [1.82, 2.24) is 4.31 Å². The fourth-order valence-electron chi connectivity index (χ4n) is 3.64. The summed E-state index contributed by atoms with van der Waals surface area (Å²) in [7, 11) is -2.15. The third-order valence-electron chi connectivity index (χ3n) is 5.18. The molecular formula is C20H27N2O5S+. The van der Waals surface area contributed by atoms with Crippen molar-refractivity contribution in [1.29, 1.82) is 0 Å². The molecule has 7 nitrogen and oxygen atoms in total. The molecule has 0 saturated carbocycles.